The number of nitrogens with two attached hydrogens (primary N) is 1. The summed E-state index contributed by atoms with van der Waals surface area (Å²) in [6.45, 7) is 10.6. The molecule has 3 N–H and O–H groups in total. The Labute approximate surface area is 140 Å². The van der Waals surface area contributed by atoms with Gasteiger partial charge in [-0.3, -0.25) is 4.90 Å². The van der Waals surface area contributed by atoms with Crippen LogP contribution >= 0.6 is 0 Å². The average molecular weight is 314 g/mol. The van der Waals surface area contributed by atoms with E-state index in [2.05, 4.69) is 46.1 Å². The van der Waals surface area contributed by atoms with Gasteiger partial charge in [-0.05, 0) is 44.0 Å². The van der Waals surface area contributed by atoms with Gasteiger partial charge in [0.05, 0.1) is 6.54 Å². The highest BCUT2D eigenvalue weighted by molar-refractivity contribution is 5.78. The number of aliphatic imine (C=N–C) groups is 1. The Morgan fingerprint density at radius 2 is 1.91 bits per heavy atom. The Kier molecular flexibility index (Phi) is 7.14. The Morgan fingerprint density at radius 3 is 2.61 bits per heavy atom. The summed E-state index contributed by atoms with van der Waals surface area (Å²) in [4.78, 5) is 6.97. The summed E-state index contributed by atoms with van der Waals surface area (Å²) in [7, 11) is 0. The van der Waals surface area contributed by atoms with E-state index in [9.17, 15) is 0 Å². The summed E-state index contributed by atoms with van der Waals surface area (Å²) in [5.41, 5.74) is 9.48. The number of hydrogen-bond donors (Lipinski definition) is 2. The minimum absolute atomic E-state index is 0.478. The van der Waals surface area contributed by atoms with Crippen LogP contribution in [0.4, 0.5) is 0 Å². The van der Waals surface area contributed by atoms with Gasteiger partial charge in [-0.25, -0.2) is 4.99 Å². The molecule has 0 radical (unpaired) electrons. The molecule has 4 nitrogen and oxygen atoms in total. The lowest BCUT2D eigenvalue weighted by molar-refractivity contribution is 0.277. The normalized spacial score (nSPS) is 16.8. The monoisotopic (exact) mass is 314 g/mol. The molecule has 0 aliphatic carbocycles. The largest absolute Gasteiger partial charge is 0.370 e. The fourth-order valence-electron chi connectivity index (χ4n) is 2.85. The van der Waals surface area contributed by atoms with Crippen molar-refractivity contribution in [2.75, 3.05) is 19.6 Å². The third kappa shape index (κ3) is 6.87. The van der Waals surface area contributed by atoms with Crippen molar-refractivity contribution in [2.45, 2.75) is 45.7 Å². The number of nitrogens with one attached hydrogen (secondary N) is 1. The van der Waals surface area contributed by atoms with E-state index in [1.54, 1.807) is 0 Å². The zero-order valence-electron chi connectivity index (χ0n) is 14.4. The molecule has 0 amide bonds. The van der Waals surface area contributed by atoms with Crippen molar-refractivity contribution >= 4 is 5.96 Å². The highest BCUT2D eigenvalue weighted by Crippen LogP contribution is 2.14. The predicted molar refractivity (Wildman–Crippen MR) is 98.3 cm³/mol. The summed E-state index contributed by atoms with van der Waals surface area (Å²) >= 11 is 0. The van der Waals surface area contributed by atoms with Crippen molar-refractivity contribution < 1.29 is 0 Å². The summed E-state index contributed by atoms with van der Waals surface area (Å²) < 4.78 is 0. The van der Waals surface area contributed by atoms with Crippen LogP contribution < -0.4 is 11.1 Å². The lowest BCUT2D eigenvalue weighted by Crippen LogP contribution is -2.32. The molecule has 0 saturated carbocycles. The first-order valence-electron chi connectivity index (χ1n) is 8.62. The van der Waals surface area contributed by atoms with Gasteiger partial charge in [0.2, 0.25) is 0 Å². The number of likely N-dealkylation sites (tertiary alicyclic amines) is 1. The minimum atomic E-state index is 0.478. The third-order valence-electron chi connectivity index (χ3n) is 4.10. The third-order valence-corrected chi connectivity index (χ3v) is 4.10. The second kappa shape index (κ2) is 9.36. The van der Waals surface area contributed by atoms with Crippen molar-refractivity contribution in [3.63, 3.8) is 0 Å². The fraction of sp³-hybridized carbons (Fsp3) is 0.526. The van der Waals surface area contributed by atoms with Crippen LogP contribution in [0.5, 0.6) is 0 Å². The van der Waals surface area contributed by atoms with E-state index in [1.165, 1.54) is 49.9 Å². The quantitative estimate of drug-likeness (QED) is 0.482. The summed E-state index contributed by atoms with van der Waals surface area (Å²) in [6, 6.07) is 8.69. The molecule has 1 aromatic rings. The summed E-state index contributed by atoms with van der Waals surface area (Å²) in [5, 5.41) is 3.06. The molecule has 0 spiro atoms. The molecule has 126 valence electrons. The van der Waals surface area contributed by atoms with E-state index in [0.29, 0.717) is 19.0 Å². The predicted octanol–water partition coefficient (Wildman–Crippen LogP) is 3.04. The molecule has 1 aliphatic heterocycles. The molecule has 1 saturated heterocycles. The number of hydrogen-bond acceptors (Lipinski definition) is 2. The summed E-state index contributed by atoms with van der Waals surface area (Å²) in [6.07, 6.45) is 5.41. The first kappa shape index (κ1) is 17.5. The number of nitrogens with zero attached hydrogens (tertiary/aromatic N) is 2. The molecule has 0 bridgehead atoms. The summed E-state index contributed by atoms with van der Waals surface area (Å²) in [5.74, 6) is 0.478. The van der Waals surface area contributed by atoms with Gasteiger partial charge in [-0.1, -0.05) is 49.3 Å². The molecule has 4 heteroatoms. The zero-order valence-corrected chi connectivity index (χ0v) is 14.4. The zero-order chi connectivity index (χ0) is 16.5. The molecule has 0 aromatic heterocycles. The SMILES string of the molecule is C=C(C)CNC(N)=NCc1cccc(CN2CCCCCC2)c1. The lowest BCUT2D eigenvalue weighted by atomic mass is 10.1. The Hall–Kier alpha value is -1.81. The maximum Gasteiger partial charge on any atom is 0.189 e. The van der Waals surface area contributed by atoms with Crippen LogP contribution in [0.25, 0.3) is 0 Å². The van der Waals surface area contributed by atoms with Crippen LogP contribution in [-0.4, -0.2) is 30.5 Å². The van der Waals surface area contributed by atoms with E-state index in [-0.39, 0.29) is 0 Å². The Bertz CT molecular complexity index is 528. The molecule has 0 unspecified atom stereocenters. The molecular weight excluding hydrogens is 284 g/mol. The van der Waals surface area contributed by atoms with Gasteiger partial charge in [-0.15, -0.1) is 0 Å². The maximum absolute atomic E-state index is 5.86. The lowest BCUT2D eigenvalue weighted by Gasteiger charge is -2.20. The van der Waals surface area contributed by atoms with Crippen LogP contribution in [0, 0.1) is 0 Å². The van der Waals surface area contributed by atoms with Crippen LogP contribution in [-0.2, 0) is 13.1 Å². The van der Waals surface area contributed by atoms with Crippen LogP contribution in [0.2, 0.25) is 0 Å². The first-order valence-corrected chi connectivity index (χ1v) is 8.62. The van der Waals surface area contributed by atoms with Gasteiger partial charge >= 0.3 is 0 Å². The standard InChI is InChI=1S/C19H30N4/c1-16(2)13-21-19(20)22-14-17-8-7-9-18(12-17)15-23-10-5-3-4-6-11-23/h7-9,12H,1,3-6,10-11,13-15H2,2H3,(H3,20,21,22). The van der Waals surface area contributed by atoms with Crippen molar-refractivity contribution in [3.05, 3.63) is 47.5 Å². The topological polar surface area (TPSA) is 53.6 Å². The second-order valence-electron chi connectivity index (χ2n) is 6.52. The van der Waals surface area contributed by atoms with Crippen LogP contribution in [0.3, 0.4) is 0 Å². The van der Waals surface area contributed by atoms with E-state index < -0.39 is 0 Å². The fourth-order valence-corrected chi connectivity index (χ4v) is 2.85. The van der Waals surface area contributed by atoms with Crippen molar-refractivity contribution in [3.8, 4) is 0 Å². The molecule has 1 fully saturated rings. The Balaban J connectivity index is 1.88. The van der Waals surface area contributed by atoms with E-state index in [1.807, 2.05) is 6.92 Å². The van der Waals surface area contributed by atoms with Crippen LogP contribution in [0.15, 0.2) is 41.4 Å². The van der Waals surface area contributed by atoms with Gasteiger partial charge in [0.15, 0.2) is 5.96 Å². The van der Waals surface area contributed by atoms with Crippen LogP contribution in [0.1, 0.15) is 43.7 Å². The van der Waals surface area contributed by atoms with Gasteiger partial charge < -0.3 is 11.1 Å². The molecular formula is C19H30N4. The second-order valence-corrected chi connectivity index (χ2v) is 6.52. The Morgan fingerprint density at radius 1 is 1.22 bits per heavy atom. The molecule has 0 atom stereocenters. The molecule has 2 rings (SSSR count). The van der Waals surface area contributed by atoms with Crippen molar-refractivity contribution in [1.82, 2.24) is 10.2 Å². The van der Waals surface area contributed by atoms with Gasteiger partial charge in [-0.2, -0.15) is 0 Å². The van der Waals surface area contributed by atoms with E-state index in [4.69, 9.17) is 5.73 Å². The van der Waals surface area contributed by atoms with Gasteiger partial charge in [0.1, 0.15) is 0 Å². The molecule has 1 aliphatic rings. The number of benzene rings is 1. The van der Waals surface area contributed by atoms with Crippen molar-refractivity contribution in [1.29, 1.82) is 0 Å². The minimum Gasteiger partial charge on any atom is -0.370 e. The smallest absolute Gasteiger partial charge is 0.189 e. The van der Waals surface area contributed by atoms with Crippen molar-refractivity contribution in [2.24, 2.45) is 10.7 Å². The highest BCUT2D eigenvalue weighted by Gasteiger charge is 2.09. The van der Waals surface area contributed by atoms with Gasteiger partial charge in [0.25, 0.3) is 0 Å². The van der Waals surface area contributed by atoms with E-state index >= 15 is 0 Å². The highest BCUT2D eigenvalue weighted by atomic mass is 15.1. The average Bonchev–Trinajstić information content (AvgIpc) is 2.80. The number of rotatable bonds is 6. The molecule has 23 heavy (non-hydrogen) atoms. The maximum atomic E-state index is 5.86. The first-order chi connectivity index (χ1) is 11.1. The molecule has 1 aromatic carbocycles. The van der Waals surface area contributed by atoms with E-state index in [0.717, 1.165) is 12.1 Å². The molecule has 1 heterocycles. The van der Waals surface area contributed by atoms with Gasteiger partial charge in [0, 0.05) is 13.1 Å². The number of guanidine groups is 1.